The Kier molecular flexibility index (Phi) is 2.75. The molecule has 0 bridgehead atoms. The lowest BCUT2D eigenvalue weighted by atomic mass is 10.1. The van der Waals surface area contributed by atoms with Crippen molar-refractivity contribution >= 4 is 17.4 Å². The number of nitrogens with two attached hydrogens (primary N) is 1. The second-order valence-corrected chi connectivity index (χ2v) is 3.63. The van der Waals surface area contributed by atoms with Gasteiger partial charge < -0.3 is 5.73 Å². The van der Waals surface area contributed by atoms with E-state index in [1.807, 2.05) is 0 Å². The second-order valence-electron chi connectivity index (χ2n) is 3.22. The first kappa shape index (κ1) is 10.8. The molecule has 0 spiro atoms. The maximum Gasteiger partial charge on any atom is 0.165 e. The maximum absolute atomic E-state index is 13.2. The summed E-state index contributed by atoms with van der Waals surface area (Å²) in [4.78, 5) is 3.67. The lowest BCUT2D eigenvalue weighted by Gasteiger charge is -2.03. The monoisotopic (exact) mass is 240 g/mol. The van der Waals surface area contributed by atoms with Gasteiger partial charge in [0.2, 0.25) is 0 Å². The third kappa shape index (κ3) is 1.97. The van der Waals surface area contributed by atoms with Gasteiger partial charge in [0.05, 0.1) is 5.02 Å². The van der Waals surface area contributed by atoms with Gasteiger partial charge in [-0.2, -0.15) is 0 Å². The summed E-state index contributed by atoms with van der Waals surface area (Å²) in [7, 11) is 0. The molecular formula is C11H7ClF2N2. The number of hydrogen-bond donors (Lipinski definition) is 1. The molecule has 1 heterocycles. The number of hydrogen-bond acceptors (Lipinski definition) is 2. The summed E-state index contributed by atoms with van der Waals surface area (Å²) < 4.78 is 26.1. The van der Waals surface area contributed by atoms with Crippen LogP contribution in [0.1, 0.15) is 0 Å². The molecule has 0 fully saturated rings. The van der Waals surface area contributed by atoms with Gasteiger partial charge in [-0.1, -0.05) is 17.7 Å². The van der Waals surface area contributed by atoms with Crippen LogP contribution in [0.25, 0.3) is 11.1 Å². The fraction of sp³-hybridized carbons (Fsp3) is 0. The van der Waals surface area contributed by atoms with Crippen LogP contribution in [0.4, 0.5) is 14.6 Å². The van der Waals surface area contributed by atoms with Crippen LogP contribution in [0.2, 0.25) is 5.02 Å². The van der Waals surface area contributed by atoms with Gasteiger partial charge >= 0.3 is 0 Å². The Hall–Kier alpha value is -1.68. The van der Waals surface area contributed by atoms with Crippen LogP contribution in [0, 0.1) is 11.6 Å². The lowest BCUT2D eigenvalue weighted by Crippen LogP contribution is -1.94. The molecule has 0 amide bonds. The van der Waals surface area contributed by atoms with Gasteiger partial charge in [0.25, 0.3) is 0 Å². The highest BCUT2D eigenvalue weighted by molar-refractivity contribution is 6.31. The molecule has 0 radical (unpaired) electrons. The average Bonchev–Trinajstić information content (AvgIpc) is 2.26. The summed E-state index contributed by atoms with van der Waals surface area (Å²) >= 11 is 5.62. The topological polar surface area (TPSA) is 38.9 Å². The number of aromatic nitrogens is 1. The van der Waals surface area contributed by atoms with Crippen LogP contribution in [-0.2, 0) is 0 Å². The van der Waals surface area contributed by atoms with E-state index in [9.17, 15) is 8.78 Å². The van der Waals surface area contributed by atoms with E-state index in [0.29, 0.717) is 11.1 Å². The van der Waals surface area contributed by atoms with E-state index in [1.165, 1.54) is 30.5 Å². The van der Waals surface area contributed by atoms with Gasteiger partial charge in [-0.3, -0.25) is 0 Å². The number of pyridine rings is 1. The first-order valence-corrected chi connectivity index (χ1v) is 4.82. The first-order valence-electron chi connectivity index (χ1n) is 4.44. The summed E-state index contributed by atoms with van der Waals surface area (Å²) in [5, 5.41) is -0.0188. The van der Waals surface area contributed by atoms with E-state index in [1.54, 1.807) is 0 Å². The van der Waals surface area contributed by atoms with E-state index in [2.05, 4.69) is 4.98 Å². The van der Waals surface area contributed by atoms with Crippen LogP contribution >= 0.6 is 11.6 Å². The fourth-order valence-corrected chi connectivity index (χ4v) is 1.46. The molecule has 2 rings (SSSR count). The highest BCUT2D eigenvalue weighted by Gasteiger charge is 2.06. The standard InChI is InChI=1S/C11H7ClF2N2/c12-8-3-6(1-2-9(8)13)7-4-10(14)11(15)16-5-7/h1-5H,(H2,15,16). The van der Waals surface area contributed by atoms with E-state index in [0.717, 1.165) is 0 Å². The van der Waals surface area contributed by atoms with Crippen LogP contribution in [0.15, 0.2) is 30.5 Å². The molecular weight excluding hydrogens is 234 g/mol. The van der Waals surface area contributed by atoms with Gasteiger partial charge in [0.15, 0.2) is 11.6 Å². The Labute approximate surface area is 95.7 Å². The molecule has 2 N–H and O–H groups in total. The van der Waals surface area contributed by atoms with Gasteiger partial charge in [0.1, 0.15) is 5.82 Å². The minimum absolute atomic E-state index is 0.0188. The van der Waals surface area contributed by atoms with E-state index < -0.39 is 11.6 Å². The van der Waals surface area contributed by atoms with Gasteiger partial charge in [0, 0.05) is 11.8 Å². The molecule has 16 heavy (non-hydrogen) atoms. The number of rotatable bonds is 1. The molecule has 2 nitrogen and oxygen atoms in total. The molecule has 5 heteroatoms. The summed E-state index contributed by atoms with van der Waals surface area (Å²) in [5.41, 5.74) is 6.32. The molecule has 0 aliphatic carbocycles. The lowest BCUT2D eigenvalue weighted by molar-refractivity contribution is 0.627. The molecule has 82 valence electrons. The Morgan fingerprint density at radius 3 is 2.44 bits per heavy atom. The van der Waals surface area contributed by atoms with Gasteiger partial charge in [-0.25, -0.2) is 13.8 Å². The molecule has 2 aromatic rings. The first-order chi connectivity index (χ1) is 7.58. The van der Waals surface area contributed by atoms with Gasteiger partial charge in [-0.05, 0) is 23.8 Å². The molecule has 0 aliphatic heterocycles. The Bertz CT molecular complexity index is 494. The van der Waals surface area contributed by atoms with Crippen LogP contribution < -0.4 is 5.73 Å². The zero-order chi connectivity index (χ0) is 11.7. The van der Waals surface area contributed by atoms with Crippen molar-refractivity contribution in [3.8, 4) is 11.1 Å². The van der Waals surface area contributed by atoms with Crippen molar-refractivity contribution in [3.05, 3.63) is 47.1 Å². The molecule has 0 saturated carbocycles. The Morgan fingerprint density at radius 2 is 1.81 bits per heavy atom. The zero-order valence-corrected chi connectivity index (χ0v) is 8.80. The molecule has 0 unspecified atom stereocenters. The van der Waals surface area contributed by atoms with E-state index >= 15 is 0 Å². The number of benzene rings is 1. The molecule has 0 atom stereocenters. The highest BCUT2D eigenvalue weighted by Crippen LogP contribution is 2.25. The minimum atomic E-state index is -0.613. The second kappa shape index (κ2) is 4.06. The molecule has 1 aromatic carbocycles. The van der Waals surface area contributed by atoms with Gasteiger partial charge in [-0.15, -0.1) is 0 Å². The summed E-state index contributed by atoms with van der Waals surface area (Å²) in [6, 6.07) is 5.34. The van der Waals surface area contributed by atoms with E-state index in [4.69, 9.17) is 17.3 Å². The number of nitrogens with zero attached hydrogens (tertiary/aromatic N) is 1. The van der Waals surface area contributed by atoms with Crippen molar-refractivity contribution in [1.29, 1.82) is 0 Å². The summed E-state index contributed by atoms with van der Waals surface area (Å²) in [6.07, 6.45) is 1.40. The zero-order valence-electron chi connectivity index (χ0n) is 8.05. The third-order valence-corrected chi connectivity index (χ3v) is 2.41. The molecule has 0 aliphatic rings. The number of anilines is 1. The average molecular weight is 241 g/mol. The normalized spacial score (nSPS) is 10.4. The SMILES string of the molecule is Nc1ncc(-c2ccc(F)c(Cl)c2)cc1F. The van der Waals surface area contributed by atoms with E-state index in [-0.39, 0.29) is 10.8 Å². The van der Waals surface area contributed by atoms with Crippen LogP contribution in [-0.4, -0.2) is 4.98 Å². The molecule has 1 aromatic heterocycles. The maximum atomic E-state index is 13.2. The number of halogens is 3. The van der Waals surface area contributed by atoms with Crippen LogP contribution in [0.5, 0.6) is 0 Å². The number of nitrogen functional groups attached to an aromatic ring is 1. The Morgan fingerprint density at radius 1 is 1.06 bits per heavy atom. The smallest absolute Gasteiger partial charge is 0.165 e. The van der Waals surface area contributed by atoms with Crippen molar-refractivity contribution < 1.29 is 8.78 Å². The van der Waals surface area contributed by atoms with Crippen molar-refractivity contribution in [2.75, 3.05) is 5.73 Å². The third-order valence-electron chi connectivity index (χ3n) is 2.12. The highest BCUT2D eigenvalue weighted by atomic mass is 35.5. The van der Waals surface area contributed by atoms with Crippen molar-refractivity contribution in [2.45, 2.75) is 0 Å². The van der Waals surface area contributed by atoms with Crippen molar-refractivity contribution in [2.24, 2.45) is 0 Å². The fourth-order valence-electron chi connectivity index (χ4n) is 1.28. The largest absolute Gasteiger partial charge is 0.381 e. The quantitative estimate of drug-likeness (QED) is 0.831. The Balaban J connectivity index is 2.50. The predicted octanol–water partition coefficient (Wildman–Crippen LogP) is 3.26. The predicted molar refractivity (Wildman–Crippen MR) is 59.0 cm³/mol. The van der Waals surface area contributed by atoms with Crippen LogP contribution in [0.3, 0.4) is 0 Å². The summed E-state index contributed by atoms with van der Waals surface area (Å²) in [5.74, 6) is -1.30. The van der Waals surface area contributed by atoms with Crippen molar-refractivity contribution in [1.82, 2.24) is 4.98 Å². The van der Waals surface area contributed by atoms with Crippen molar-refractivity contribution in [3.63, 3.8) is 0 Å². The minimum Gasteiger partial charge on any atom is -0.381 e. The summed E-state index contributed by atoms with van der Waals surface area (Å²) in [6.45, 7) is 0. The molecule has 0 saturated heterocycles.